The van der Waals surface area contributed by atoms with E-state index in [1.54, 1.807) is 6.92 Å². The lowest BCUT2D eigenvalue weighted by atomic mass is 10.0. The number of nitrogens with zero attached hydrogens (tertiary/aromatic N) is 3. The number of morpholine rings is 1. The molecule has 0 aliphatic carbocycles. The number of amides is 2. The Kier molecular flexibility index (Phi) is 5.76. The van der Waals surface area contributed by atoms with Crippen LogP contribution in [0.15, 0.2) is 0 Å². The van der Waals surface area contributed by atoms with E-state index < -0.39 is 0 Å². The van der Waals surface area contributed by atoms with Crippen molar-refractivity contribution in [2.24, 2.45) is 0 Å². The lowest BCUT2D eigenvalue weighted by molar-refractivity contribution is -0.140. The summed E-state index contributed by atoms with van der Waals surface area (Å²) in [6.45, 7) is 8.18. The minimum atomic E-state index is 0.176. The summed E-state index contributed by atoms with van der Waals surface area (Å²) in [6, 6.07) is 0.647. The molecule has 3 aliphatic rings. The average molecular weight is 337 g/mol. The van der Waals surface area contributed by atoms with Gasteiger partial charge < -0.3 is 14.5 Å². The van der Waals surface area contributed by atoms with Crippen molar-refractivity contribution in [1.82, 2.24) is 14.7 Å². The molecule has 3 atom stereocenters. The van der Waals surface area contributed by atoms with E-state index in [-0.39, 0.29) is 17.9 Å². The first-order valence-electron chi connectivity index (χ1n) is 9.50. The Labute approximate surface area is 145 Å². The largest absolute Gasteiger partial charge is 0.375 e. The molecule has 2 amide bonds. The minimum Gasteiger partial charge on any atom is -0.375 e. The Hall–Kier alpha value is -1.14. The molecule has 6 heteroatoms. The van der Waals surface area contributed by atoms with Gasteiger partial charge in [0.2, 0.25) is 11.8 Å². The van der Waals surface area contributed by atoms with Gasteiger partial charge in [-0.15, -0.1) is 0 Å². The number of hydrogen-bond donors (Lipinski definition) is 0. The van der Waals surface area contributed by atoms with Crippen LogP contribution in [0.25, 0.3) is 0 Å². The van der Waals surface area contributed by atoms with Crippen LogP contribution in [0.5, 0.6) is 0 Å². The van der Waals surface area contributed by atoms with Crippen LogP contribution in [-0.2, 0) is 14.3 Å². The maximum Gasteiger partial charge on any atom is 0.236 e. The smallest absolute Gasteiger partial charge is 0.236 e. The molecule has 136 valence electrons. The molecule has 0 spiro atoms. The predicted octanol–water partition coefficient (Wildman–Crippen LogP) is 1.10. The molecule has 0 aromatic carbocycles. The van der Waals surface area contributed by atoms with Crippen molar-refractivity contribution in [1.29, 1.82) is 0 Å². The fraction of sp³-hybridized carbons (Fsp3) is 0.889. The Morgan fingerprint density at radius 2 is 1.83 bits per heavy atom. The molecule has 3 aliphatic heterocycles. The molecule has 3 heterocycles. The zero-order valence-corrected chi connectivity index (χ0v) is 15.1. The summed E-state index contributed by atoms with van der Waals surface area (Å²) in [5.74, 6) is 0.394. The monoisotopic (exact) mass is 337 g/mol. The van der Waals surface area contributed by atoms with Gasteiger partial charge in [0.15, 0.2) is 0 Å². The van der Waals surface area contributed by atoms with E-state index in [2.05, 4.69) is 11.8 Å². The second-order valence-electron chi connectivity index (χ2n) is 7.34. The SMILES string of the molecule is CCC1CN(C(=O)CN2CCCC2C2CCCN2C(C)=O)CCO1. The van der Waals surface area contributed by atoms with E-state index >= 15 is 0 Å². The third-order valence-electron chi connectivity index (χ3n) is 5.85. The molecule has 0 saturated carbocycles. The summed E-state index contributed by atoms with van der Waals surface area (Å²) in [4.78, 5) is 30.9. The van der Waals surface area contributed by atoms with Gasteiger partial charge in [-0.3, -0.25) is 14.5 Å². The summed E-state index contributed by atoms with van der Waals surface area (Å²) in [5.41, 5.74) is 0. The van der Waals surface area contributed by atoms with Crippen LogP contribution in [0.1, 0.15) is 46.0 Å². The highest BCUT2D eigenvalue weighted by Gasteiger charge is 2.39. The quantitative estimate of drug-likeness (QED) is 0.771. The van der Waals surface area contributed by atoms with Crippen LogP contribution in [0.4, 0.5) is 0 Å². The summed E-state index contributed by atoms with van der Waals surface area (Å²) >= 11 is 0. The van der Waals surface area contributed by atoms with Crippen molar-refractivity contribution in [3.8, 4) is 0 Å². The molecule has 0 N–H and O–H groups in total. The third-order valence-corrected chi connectivity index (χ3v) is 5.85. The second kappa shape index (κ2) is 7.83. The van der Waals surface area contributed by atoms with E-state index in [0.717, 1.165) is 51.7 Å². The van der Waals surface area contributed by atoms with Gasteiger partial charge in [0.05, 0.1) is 19.3 Å². The Morgan fingerprint density at radius 1 is 1.08 bits per heavy atom. The van der Waals surface area contributed by atoms with Gasteiger partial charge in [0.25, 0.3) is 0 Å². The van der Waals surface area contributed by atoms with E-state index in [4.69, 9.17) is 4.74 Å². The lowest BCUT2D eigenvalue weighted by Crippen LogP contribution is -2.52. The molecule has 3 saturated heterocycles. The molecule has 3 unspecified atom stereocenters. The first-order valence-corrected chi connectivity index (χ1v) is 9.50. The van der Waals surface area contributed by atoms with Crippen LogP contribution in [0.2, 0.25) is 0 Å². The second-order valence-corrected chi connectivity index (χ2v) is 7.34. The summed E-state index contributed by atoms with van der Waals surface area (Å²) in [5, 5.41) is 0. The number of ether oxygens (including phenoxy) is 1. The van der Waals surface area contributed by atoms with Gasteiger partial charge in [-0.25, -0.2) is 0 Å². The lowest BCUT2D eigenvalue weighted by Gasteiger charge is -2.37. The highest BCUT2D eigenvalue weighted by Crippen LogP contribution is 2.30. The van der Waals surface area contributed by atoms with Crippen LogP contribution < -0.4 is 0 Å². The first-order chi connectivity index (χ1) is 11.6. The number of carbonyl (C=O) groups excluding carboxylic acids is 2. The normalized spacial score (nSPS) is 31.7. The van der Waals surface area contributed by atoms with Gasteiger partial charge in [-0.1, -0.05) is 6.92 Å². The molecule has 0 radical (unpaired) electrons. The van der Waals surface area contributed by atoms with Crippen molar-refractivity contribution in [3.63, 3.8) is 0 Å². The van der Waals surface area contributed by atoms with Gasteiger partial charge in [0.1, 0.15) is 0 Å². The minimum absolute atomic E-state index is 0.176. The molecular weight excluding hydrogens is 306 g/mol. The summed E-state index contributed by atoms with van der Waals surface area (Å²) in [7, 11) is 0. The third kappa shape index (κ3) is 3.75. The zero-order chi connectivity index (χ0) is 17.1. The molecule has 0 aromatic heterocycles. The Balaban J connectivity index is 1.59. The topological polar surface area (TPSA) is 53.1 Å². The summed E-state index contributed by atoms with van der Waals surface area (Å²) in [6.07, 6.45) is 5.52. The van der Waals surface area contributed by atoms with E-state index in [1.165, 1.54) is 0 Å². The van der Waals surface area contributed by atoms with Crippen molar-refractivity contribution >= 4 is 11.8 Å². The average Bonchev–Trinajstić information content (AvgIpc) is 3.23. The standard InChI is InChI=1S/C18H31N3O3/c1-3-15-12-20(10-11-24-15)18(23)13-19-8-4-6-16(19)17-7-5-9-21(17)14(2)22/h15-17H,3-13H2,1-2H3. The number of rotatable bonds is 4. The van der Waals surface area contributed by atoms with Crippen molar-refractivity contribution in [2.75, 3.05) is 39.3 Å². The molecule has 3 rings (SSSR count). The van der Waals surface area contributed by atoms with Gasteiger partial charge in [-0.2, -0.15) is 0 Å². The van der Waals surface area contributed by atoms with Crippen LogP contribution in [-0.4, -0.2) is 84.0 Å². The molecule has 6 nitrogen and oxygen atoms in total. The highest BCUT2D eigenvalue weighted by atomic mass is 16.5. The maximum atomic E-state index is 12.7. The fourth-order valence-electron chi connectivity index (χ4n) is 4.53. The van der Waals surface area contributed by atoms with E-state index in [9.17, 15) is 9.59 Å². The van der Waals surface area contributed by atoms with Crippen molar-refractivity contribution in [2.45, 2.75) is 64.1 Å². The molecule has 3 fully saturated rings. The molecule has 0 aromatic rings. The Morgan fingerprint density at radius 3 is 2.58 bits per heavy atom. The van der Waals surface area contributed by atoms with Crippen molar-refractivity contribution in [3.05, 3.63) is 0 Å². The Bertz CT molecular complexity index is 470. The van der Waals surface area contributed by atoms with E-state index in [1.807, 2.05) is 9.80 Å². The van der Waals surface area contributed by atoms with Gasteiger partial charge >= 0.3 is 0 Å². The predicted molar refractivity (Wildman–Crippen MR) is 91.6 cm³/mol. The maximum absolute atomic E-state index is 12.7. The van der Waals surface area contributed by atoms with Crippen LogP contribution >= 0.6 is 0 Å². The van der Waals surface area contributed by atoms with Crippen molar-refractivity contribution < 1.29 is 14.3 Å². The zero-order valence-electron chi connectivity index (χ0n) is 15.1. The van der Waals surface area contributed by atoms with Crippen LogP contribution in [0, 0.1) is 0 Å². The van der Waals surface area contributed by atoms with Crippen LogP contribution in [0.3, 0.4) is 0 Å². The van der Waals surface area contributed by atoms with Gasteiger partial charge in [0, 0.05) is 38.6 Å². The number of likely N-dealkylation sites (tertiary alicyclic amines) is 2. The molecule has 0 bridgehead atoms. The number of carbonyl (C=O) groups is 2. The van der Waals surface area contributed by atoms with E-state index in [0.29, 0.717) is 31.8 Å². The highest BCUT2D eigenvalue weighted by molar-refractivity contribution is 5.78. The summed E-state index contributed by atoms with van der Waals surface area (Å²) < 4.78 is 5.67. The molecular formula is C18H31N3O3. The number of hydrogen-bond acceptors (Lipinski definition) is 4. The first kappa shape index (κ1) is 17.7. The fourth-order valence-corrected chi connectivity index (χ4v) is 4.53. The van der Waals surface area contributed by atoms with Gasteiger partial charge in [-0.05, 0) is 38.6 Å². The molecule has 24 heavy (non-hydrogen) atoms.